The molecule has 3 rings (SSSR count). The minimum absolute atomic E-state index is 0.490. The lowest BCUT2D eigenvalue weighted by Crippen LogP contribution is -2.48. The van der Waals surface area contributed by atoms with E-state index >= 15 is 0 Å². The van der Waals surface area contributed by atoms with E-state index in [4.69, 9.17) is 4.74 Å². The van der Waals surface area contributed by atoms with Gasteiger partial charge in [-0.15, -0.1) is 0 Å². The molecule has 1 heterocycles. The van der Waals surface area contributed by atoms with Crippen LogP contribution in [-0.2, 0) is 11.2 Å². The molecule has 2 unspecified atom stereocenters. The highest BCUT2D eigenvalue weighted by Gasteiger charge is 2.35. The molecule has 1 aromatic carbocycles. The van der Waals surface area contributed by atoms with Crippen molar-refractivity contribution in [3.8, 4) is 0 Å². The molecule has 0 aromatic heterocycles. The van der Waals surface area contributed by atoms with E-state index in [1.807, 2.05) is 0 Å². The van der Waals surface area contributed by atoms with Crippen LogP contribution in [0.5, 0.6) is 0 Å². The van der Waals surface area contributed by atoms with Crippen molar-refractivity contribution in [2.45, 2.75) is 25.4 Å². The lowest BCUT2D eigenvalue weighted by Gasteiger charge is -2.36. The molecule has 2 atom stereocenters. The summed E-state index contributed by atoms with van der Waals surface area (Å²) in [5, 5.41) is 3.67. The number of hydrogen-bond acceptors (Lipinski definition) is 3. The molecule has 1 aromatic rings. The Morgan fingerprint density at radius 1 is 1.28 bits per heavy atom. The maximum Gasteiger partial charge on any atom is 0.0594 e. The maximum absolute atomic E-state index is 5.47. The van der Waals surface area contributed by atoms with Crippen LogP contribution in [0.1, 0.15) is 24.1 Å². The van der Waals surface area contributed by atoms with E-state index in [0.717, 1.165) is 32.8 Å². The third kappa shape index (κ3) is 2.18. The number of rotatable bonds is 3. The summed E-state index contributed by atoms with van der Waals surface area (Å²) in [7, 11) is 0. The van der Waals surface area contributed by atoms with Gasteiger partial charge in [-0.25, -0.2) is 0 Å². The van der Waals surface area contributed by atoms with E-state index < -0.39 is 0 Å². The molecule has 1 N–H and O–H groups in total. The standard InChI is InChI=1S/C15H22N2O/c1-2-16-15-13-6-4-3-5-12(13)11-14(15)17-7-9-18-10-8-17/h3-6,14-16H,2,7-11H2,1H3. The summed E-state index contributed by atoms with van der Waals surface area (Å²) in [6.45, 7) is 7.12. The van der Waals surface area contributed by atoms with Crippen molar-refractivity contribution < 1.29 is 4.74 Å². The Labute approximate surface area is 109 Å². The van der Waals surface area contributed by atoms with Crippen molar-refractivity contribution in [3.05, 3.63) is 35.4 Å². The molecule has 0 saturated carbocycles. The average molecular weight is 246 g/mol. The highest BCUT2D eigenvalue weighted by atomic mass is 16.5. The van der Waals surface area contributed by atoms with Crippen LogP contribution in [0, 0.1) is 0 Å². The van der Waals surface area contributed by atoms with E-state index in [-0.39, 0.29) is 0 Å². The fourth-order valence-electron chi connectivity index (χ4n) is 3.29. The van der Waals surface area contributed by atoms with Gasteiger partial charge in [0.05, 0.1) is 13.2 Å². The number of nitrogens with zero attached hydrogens (tertiary/aromatic N) is 1. The van der Waals surface area contributed by atoms with Crippen molar-refractivity contribution in [1.29, 1.82) is 0 Å². The summed E-state index contributed by atoms with van der Waals surface area (Å²) in [6.07, 6.45) is 1.17. The second kappa shape index (κ2) is 5.39. The summed E-state index contributed by atoms with van der Waals surface area (Å²) < 4.78 is 5.47. The second-order valence-electron chi connectivity index (χ2n) is 5.15. The van der Waals surface area contributed by atoms with E-state index in [9.17, 15) is 0 Å². The second-order valence-corrected chi connectivity index (χ2v) is 5.15. The Hall–Kier alpha value is -0.900. The SMILES string of the molecule is CCNC1c2ccccc2CC1N1CCOCC1. The lowest BCUT2D eigenvalue weighted by atomic mass is 10.1. The molecule has 0 spiro atoms. The van der Waals surface area contributed by atoms with Crippen LogP contribution in [0.15, 0.2) is 24.3 Å². The summed E-state index contributed by atoms with van der Waals surface area (Å²) in [5.74, 6) is 0. The van der Waals surface area contributed by atoms with Crippen LogP contribution in [0.3, 0.4) is 0 Å². The number of nitrogens with one attached hydrogen (secondary N) is 1. The lowest BCUT2D eigenvalue weighted by molar-refractivity contribution is 0.0108. The van der Waals surface area contributed by atoms with Crippen molar-refractivity contribution in [1.82, 2.24) is 10.2 Å². The molecule has 3 heteroatoms. The molecule has 2 aliphatic rings. The molecule has 3 nitrogen and oxygen atoms in total. The van der Waals surface area contributed by atoms with Gasteiger partial charge in [-0.2, -0.15) is 0 Å². The van der Waals surface area contributed by atoms with Crippen LogP contribution >= 0.6 is 0 Å². The van der Waals surface area contributed by atoms with Crippen LogP contribution in [-0.4, -0.2) is 43.8 Å². The maximum atomic E-state index is 5.47. The fraction of sp³-hybridized carbons (Fsp3) is 0.600. The molecular formula is C15H22N2O. The van der Waals surface area contributed by atoms with Gasteiger partial charge in [0.15, 0.2) is 0 Å². The van der Waals surface area contributed by atoms with Crippen molar-refractivity contribution in [2.75, 3.05) is 32.8 Å². The monoisotopic (exact) mass is 246 g/mol. The van der Waals surface area contributed by atoms with Gasteiger partial charge in [0.2, 0.25) is 0 Å². The van der Waals surface area contributed by atoms with E-state index in [0.29, 0.717) is 12.1 Å². The minimum Gasteiger partial charge on any atom is -0.379 e. The largest absolute Gasteiger partial charge is 0.379 e. The predicted molar refractivity (Wildman–Crippen MR) is 72.7 cm³/mol. The van der Waals surface area contributed by atoms with Crippen LogP contribution in [0.2, 0.25) is 0 Å². The Morgan fingerprint density at radius 2 is 2.06 bits per heavy atom. The number of morpholine rings is 1. The first-order valence-corrected chi connectivity index (χ1v) is 7.03. The first-order valence-electron chi connectivity index (χ1n) is 7.03. The minimum atomic E-state index is 0.490. The van der Waals surface area contributed by atoms with Gasteiger partial charge in [-0.05, 0) is 24.1 Å². The Bertz CT molecular complexity index is 401. The first kappa shape index (κ1) is 12.2. The first-order chi connectivity index (χ1) is 8.90. The quantitative estimate of drug-likeness (QED) is 0.876. The molecular weight excluding hydrogens is 224 g/mol. The Morgan fingerprint density at radius 3 is 2.83 bits per heavy atom. The fourth-order valence-corrected chi connectivity index (χ4v) is 3.29. The highest BCUT2D eigenvalue weighted by Crippen LogP contribution is 2.34. The molecule has 18 heavy (non-hydrogen) atoms. The van der Waals surface area contributed by atoms with Gasteiger partial charge in [-0.1, -0.05) is 31.2 Å². The summed E-state index contributed by atoms with van der Waals surface area (Å²) in [4.78, 5) is 2.59. The molecule has 1 saturated heterocycles. The molecule has 0 bridgehead atoms. The molecule has 1 aliphatic carbocycles. The number of likely N-dealkylation sites (N-methyl/N-ethyl adjacent to an activating group) is 1. The zero-order valence-corrected chi connectivity index (χ0v) is 11.1. The number of benzene rings is 1. The van der Waals surface area contributed by atoms with Gasteiger partial charge in [0.25, 0.3) is 0 Å². The Kier molecular flexibility index (Phi) is 3.64. The molecule has 98 valence electrons. The van der Waals surface area contributed by atoms with Gasteiger partial charge in [0.1, 0.15) is 0 Å². The number of hydrogen-bond donors (Lipinski definition) is 1. The van der Waals surface area contributed by atoms with Crippen molar-refractivity contribution in [3.63, 3.8) is 0 Å². The number of ether oxygens (including phenoxy) is 1. The normalized spacial score (nSPS) is 28.3. The third-order valence-electron chi connectivity index (χ3n) is 4.14. The topological polar surface area (TPSA) is 24.5 Å². The predicted octanol–water partition coefficient (Wildman–Crippen LogP) is 1.59. The molecule has 1 aliphatic heterocycles. The van der Waals surface area contributed by atoms with Gasteiger partial charge in [-0.3, -0.25) is 4.90 Å². The van der Waals surface area contributed by atoms with Crippen molar-refractivity contribution >= 4 is 0 Å². The summed E-state index contributed by atoms with van der Waals surface area (Å²) >= 11 is 0. The summed E-state index contributed by atoms with van der Waals surface area (Å²) in [5.41, 5.74) is 3.01. The highest BCUT2D eigenvalue weighted by molar-refractivity contribution is 5.37. The number of fused-ring (bicyclic) bond motifs is 1. The molecule has 0 radical (unpaired) electrons. The van der Waals surface area contributed by atoms with E-state index in [1.165, 1.54) is 17.5 Å². The average Bonchev–Trinajstić information content (AvgIpc) is 2.80. The zero-order chi connectivity index (χ0) is 12.4. The van der Waals surface area contributed by atoms with Crippen LogP contribution in [0.25, 0.3) is 0 Å². The van der Waals surface area contributed by atoms with E-state index in [1.54, 1.807) is 0 Å². The summed E-state index contributed by atoms with van der Waals surface area (Å²) in [6, 6.07) is 9.97. The Balaban J connectivity index is 1.82. The van der Waals surface area contributed by atoms with Crippen LogP contribution in [0.4, 0.5) is 0 Å². The molecule has 0 amide bonds. The van der Waals surface area contributed by atoms with Gasteiger partial charge >= 0.3 is 0 Å². The van der Waals surface area contributed by atoms with Crippen molar-refractivity contribution in [2.24, 2.45) is 0 Å². The van der Waals surface area contributed by atoms with E-state index in [2.05, 4.69) is 41.4 Å². The smallest absolute Gasteiger partial charge is 0.0594 e. The van der Waals surface area contributed by atoms with Gasteiger partial charge in [0, 0.05) is 25.2 Å². The molecule has 1 fully saturated rings. The third-order valence-corrected chi connectivity index (χ3v) is 4.14. The zero-order valence-electron chi connectivity index (χ0n) is 11.1. The van der Waals surface area contributed by atoms with Gasteiger partial charge < -0.3 is 10.1 Å². The van der Waals surface area contributed by atoms with Crippen LogP contribution < -0.4 is 5.32 Å².